The minimum Gasteiger partial charge on any atom is -0.355 e. The third-order valence-electron chi connectivity index (χ3n) is 4.59. The molecule has 3 heterocycles. The molecule has 26 heavy (non-hydrogen) atoms. The number of carbonyl (C=O) groups is 2. The zero-order valence-corrected chi connectivity index (χ0v) is 15.9. The van der Waals surface area contributed by atoms with Crippen molar-refractivity contribution in [3.05, 3.63) is 40.1 Å². The summed E-state index contributed by atoms with van der Waals surface area (Å²) in [5, 5.41) is 7.88. The summed E-state index contributed by atoms with van der Waals surface area (Å²) in [4.78, 5) is 35.4. The van der Waals surface area contributed by atoms with E-state index in [1.807, 2.05) is 18.4 Å². The van der Waals surface area contributed by atoms with E-state index in [0.29, 0.717) is 31.6 Å². The van der Waals surface area contributed by atoms with E-state index in [4.69, 9.17) is 0 Å². The normalized spacial score (nSPS) is 20.2. The fraction of sp³-hybridized carbons (Fsp3) is 0.500. The third kappa shape index (κ3) is 4.31. The second-order valence-corrected chi connectivity index (χ2v) is 7.47. The Morgan fingerprint density at radius 1 is 1.42 bits per heavy atom. The van der Waals surface area contributed by atoms with Crippen molar-refractivity contribution in [2.45, 2.75) is 45.3 Å². The van der Waals surface area contributed by atoms with Gasteiger partial charge in [0.25, 0.3) is 5.91 Å². The number of amides is 2. The highest BCUT2D eigenvalue weighted by atomic mass is 32.1. The van der Waals surface area contributed by atoms with Gasteiger partial charge in [-0.25, -0.2) is 4.98 Å². The van der Waals surface area contributed by atoms with Crippen molar-refractivity contribution in [2.24, 2.45) is 0 Å². The number of nitrogens with one attached hydrogen (secondary N) is 3. The summed E-state index contributed by atoms with van der Waals surface area (Å²) in [6.07, 6.45) is 4.93. The molecule has 2 aromatic rings. The monoisotopic (exact) mass is 375 g/mol. The van der Waals surface area contributed by atoms with Crippen LogP contribution in [0.2, 0.25) is 0 Å². The van der Waals surface area contributed by atoms with E-state index in [1.54, 1.807) is 23.9 Å². The number of aromatic nitrogens is 2. The Hall–Kier alpha value is -2.19. The molecule has 0 aromatic carbocycles. The van der Waals surface area contributed by atoms with E-state index in [2.05, 4.69) is 32.4 Å². The number of thiophene rings is 1. The summed E-state index contributed by atoms with van der Waals surface area (Å²) in [7, 11) is 0. The fourth-order valence-electron chi connectivity index (χ4n) is 3.29. The number of imidazole rings is 1. The zero-order chi connectivity index (χ0) is 18.5. The summed E-state index contributed by atoms with van der Waals surface area (Å²) in [6.45, 7) is 5.82. The predicted octanol–water partition coefficient (Wildman–Crippen LogP) is 1.54. The van der Waals surface area contributed by atoms with Crippen LogP contribution in [0.1, 0.15) is 41.2 Å². The maximum atomic E-state index is 12.5. The van der Waals surface area contributed by atoms with E-state index in [0.717, 1.165) is 12.1 Å². The van der Waals surface area contributed by atoms with Crippen LogP contribution >= 0.6 is 11.3 Å². The molecule has 140 valence electrons. The highest BCUT2D eigenvalue weighted by Crippen LogP contribution is 2.22. The minimum absolute atomic E-state index is 0.00701. The second-order valence-electron chi connectivity index (χ2n) is 6.48. The first-order valence-electron chi connectivity index (χ1n) is 8.98. The van der Waals surface area contributed by atoms with Crippen LogP contribution in [0.4, 0.5) is 0 Å². The number of carbonyl (C=O) groups excluding carboxylic acids is 2. The lowest BCUT2D eigenvalue weighted by Crippen LogP contribution is -2.42. The van der Waals surface area contributed by atoms with Gasteiger partial charge in [0.2, 0.25) is 5.91 Å². The minimum atomic E-state index is -0.253. The number of hydrogen-bond acceptors (Lipinski definition) is 5. The smallest absolute Gasteiger partial charge is 0.252 e. The summed E-state index contributed by atoms with van der Waals surface area (Å²) in [5.41, 5.74) is 1.66. The Labute approximate surface area is 157 Å². The molecule has 1 fully saturated rings. The van der Waals surface area contributed by atoms with Gasteiger partial charge in [-0.05, 0) is 25.8 Å². The summed E-state index contributed by atoms with van der Waals surface area (Å²) in [5.74, 6) is -0.0587. The molecule has 2 aromatic heterocycles. The number of rotatable bonds is 7. The standard InChI is InChI=1S/C18H25N5O2S/c1-3-15-5-12(10-26-15)17(24)22-13-6-16(18(25)20-4-2)23(8-13)9-14-7-19-11-21-14/h5,7,10-11,13,16H,3-4,6,8-9H2,1-2H3,(H,19,21)(H,20,25)(H,22,24)/t13-,16+/m1/s1. The average molecular weight is 375 g/mol. The summed E-state index contributed by atoms with van der Waals surface area (Å²) >= 11 is 1.60. The SMILES string of the molecule is CCNC(=O)[C@@H]1C[C@@H](NC(=O)c2csc(CC)c2)CN1Cc1cnc[nH]1. The van der Waals surface area contributed by atoms with Crippen molar-refractivity contribution in [3.8, 4) is 0 Å². The highest BCUT2D eigenvalue weighted by molar-refractivity contribution is 7.10. The molecule has 3 N–H and O–H groups in total. The maximum Gasteiger partial charge on any atom is 0.252 e. The lowest BCUT2D eigenvalue weighted by Gasteiger charge is -2.22. The molecule has 0 aliphatic carbocycles. The van der Waals surface area contributed by atoms with E-state index in [-0.39, 0.29) is 23.9 Å². The van der Waals surface area contributed by atoms with Crippen LogP contribution in [-0.4, -0.2) is 51.9 Å². The van der Waals surface area contributed by atoms with Crippen LogP contribution in [0, 0.1) is 0 Å². The number of aryl methyl sites for hydroxylation is 1. The molecule has 1 aliphatic heterocycles. The molecule has 8 heteroatoms. The first kappa shape index (κ1) is 18.6. The first-order valence-corrected chi connectivity index (χ1v) is 9.86. The molecule has 1 aliphatic rings. The molecule has 1 saturated heterocycles. The topological polar surface area (TPSA) is 90.1 Å². The largest absolute Gasteiger partial charge is 0.355 e. The Morgan fingerprint density at radius 2 is 2.27 bits per heavy atom. The van der Waals surface area contributed by atoms with Crippen molar-refractivity contribution in [3.63, 3.8) is 0 Å². The van der Waals surface area contributed by atoms with Gasteiger partial charge in [-0.1, -0.05) is 6.92 Å². The number of nitrogens with zero attached hydrogens (tertiary/aromatic N) is 2. The van der Waals surface area contributed by atoms with Gasteiger partial charge in [0, 0.05) is 47.8 Å². The van der Waals surface area contributed by atoms with Crippen LogP contribution in [0.3, 0.4) is 0 Å². The molecule has 0 saturated carbocycles. The number of likely N-dealkylation sites (tertiary alicyclic amines) is 1. The van der Waals surface area contributed by atoms with Crippen molar-refractivity contribution < 1.29 is 9.59 Å². The Bertz CT molecular complexity index is 743. The Kier molecular flexibility index (Phi) is 6.05. The van der Waals surface area contributed by atoms with Gasteiger partial charge in [0.05, 0.1) is 17.9 Å². The number of likely N-dealkylation sites (N-methyl/N-ethyl adjacent to an activating group) is 1. The Balaban J connectivity index is 1.66. The molecule has 0 radical (unpaired) electrons. The van der Waals surface area contributed by atoms with E-state index < -0.39 is 0 Å². The van der Waals surface area contributed by atoms with Gasteiger partial charge >= 0.3 is 0 Å². The van der Waals surface area contributed by atoms with Gasteiger partial charge < -0.3 is 15.6 Å². The van der Waals surface area contributed by atoms with Gasteiger partial charge in [-0.15, -0.1) is 11.3 Å². The summed E-state index contributed by atoms with van der Waals surface area (Å²) < 4.78 is 0. The quantitative estimate of drug-likeness (QED) is 0.685. The molecule has 0 spiro atoms. The molecule has 2 atom stereocenters. The molecule has 0 unspecified atom stereocenters. The van der Waals surface area contributed by atoms with Crippen LogP contribution in [0.15, 0.2) is 24.0 Å². The van der Waals surface area contributed by atoms with Crippen molar-refractivity contribution in [1.82, 2.24) is 25.5 Å². The van der Waals surface area contributed by atoms with Gasteiger partial charge in [0.15, 0.2) is 0 Å². The van der Waals surface area contributed by atoms with Crippen LogP contribution in [0.5, 0.6) is 0 Å². The molecule has 0 bridgehead atoms. The van der Waals surface area contributed by atoms with Gasteiger partial charge in [0.1, 0.15) is 0 Å². The fourth-order valence-corrected chi connectivity index (χ4v) is 4.11. The number of aromatic amines is 1. The van der Waals surface area contributed by atoms with E-state index >= 15 is 0 Å². The van der Waals surface area contributed by atoms with Crippen molar-refractivity contribution in [1.29, 1.82) is 0 Å². The van der Waals surface area contributed by atoms with E-state index in [1.165, 1.54) is 4.88 Å². The molecular weight excluding hydrogens is 350 g/mol. The zero-order valence-electron chi connectivity index (χ0n) is 15.1. The first-order chi connectivity index (χ1) is 12.6. The second kappa shape index (κ2) is 8.46. The van der Waals surface area contributed by atoms with Crippen LogP contribution in [0.25, 0.3) is 0 Å². The predicted molar refractivity (Wildman–Crippen MR) is 101 cm³/mol. The lowest BCUT2D eigenvalue weighted by atomic mass is 10.1. The van der Waals surface area contributed by atoms with E-state index in [9.17, 15) is 9.59 Å². The highest BCUT2D eigenvalue weighted by Gasteiger charge is 2.37. The molecular formula is C18H25N5O2S. The maximum absolute atomic E-state index is 12.5. The van der Waals surface area contributed by atoms with Gasteiger partial charge in [-0.3, -0.25) is 14.5 Å². The lowest BCUT2D eigenvalue weighted by molar-refractivity contribution is -0.125. The average Bonchev–Trinajstić information content (AvgIpc) is 3.35. The van der Waals surface area contributed by atoms with Crippen molar-refractivity contribution >= 4 is 23.2 Å². The third-order valence-corrected chi connectivity index (χ3v) is 5.67. The number of hydrogen-bond donors (Lipinski definition) is 3. The molecule has 7 nitrogen and oxygen atoms in total. The number of H-pyrrole nitrogens is 1. The Morgan fingerprint density at radius 3 is 2.92 bits per heavy atom. The summed E-state index contributed by atoms with van der Waals surface area (Å²) in [6, 6.07) is 1.64. The molecule has 2 amide bonds. The van der Waals surface area contributed by atoms with Gasteiger partial charge in [-0.2, -0.15) is 0 Å². The van der Waals surface area contributed by atoms with Crippen LogP contribution < -0.4 is 10.6 Å². The molecule has 3 rings (SSSR count). The van der Waals surface area contributed by atoms with Crippen LogP contribution in [-0.2, 0) is 17.8 Å². The van der Waals surface area contributed by atoms with Crippen molar-refractivity contribution in [2.75, 3.05) is 13.1 Å².